The first kappa shape index (κ1) is 20.4. The Morgan fingerprint density at radius 3 is 2.50 bits per heavy atom. The highest BCUT2D eigenvalue weighted by atomic mass is 32.2. The fraction of sp³-hybridized carbons (Fsp3) is 0.556. The zero-order valence-electron chi connectivity index (χ0n) is 15.2. The smallest absolute Gasteiger partial charge is 0.242 e. The Labute approximate surface area is 153 Å². The maximum Gasteiger partial charge on any atom is 0.242 e. The van der Waals surface area contributed by atoms with Crippen LogP contribution in [0.25, 0.3) is 0 Å². The number of hydrogen-bond acceptors (Lipinski definition) is 4. The summed E-state index contributed by atoms with van der Waals surface area (Å²) in [5.74, 6) is -0.829. The zero-order valence-corrected chi connectivity index (χ0v) is 16.0. The van der Waals surface area contributed by atoms with E-state index < -0.39 is 9.84 Å². The lowest BCUT2D eigenvalue weighted by atomic mass is 10.1. The van der Waals surface area contributed by atoms with Gasteiger partial charge in [-0.1, -0.05) is 18.2 Å². The number of hydrogen-bond donors (Lipinski definition) is 0. The predicted molar refractivity (Wildman–Crippen MR) is 96.8 cm³/mol. The van der Waals surface area contributed by atoms with Crippen molar-refractivity contribution in [2.45, 2.75) is 32.7 Å². The Bertz CT molecular complexity index is 766. The van der Waals surface area contributed by atoms with Gasteiger partial charge < -0.3 is 9.80 Å². The van der Waals surface area contributed by atoms with Crippen molar-refractivity contribution in [1.82, 2.24) is 9.80 Å². The Kier molecular flexibility index (Phi) is 6.75. The van der Waals surface area contributed by atoms with Gasteiger partial charge in [-0.15, -0.1) is 0 Å². The molecule has 6 nitrogen and oxygen atoms in total. The van der Waals surface area contributed by atoms with Gasteiger partial charge in [-0.2, -0.15) is 0 Å². The summed E-state index contributed by atoms with van der Waals surface area (Å²) in [5, 5.41) is 0. The Morgan fingerprint density at radius 1 is 1.27 bits per heavy atom. The van der Waals surface area contributed by atoms with Gasteiger partial charge in [0, 0.05) is 26.1 Å². The van der Waals surface area contributed by atoms with Crippen molar-refractivity contribution in [3.05, 3.63) is 35.6 Å². The normalized spacial score (nSPS) is 18.5. The van der Waals surface area contributed by atoms with Crippen LogP contribution in [-0.4, -0.2) is 67.2 Å². The highest BCUT2D eigenvalue weighted by Gasteiger charge is 2.34. The Balaban J connectivity index is 2.00. The van der Waals surface area contributed by atoms with Crippen molar-refractivity contribution in [1.29, 1.82) is 0 Å². The maximum absolute atomic E-state index is 13.7. The minimum absolute atomic E-state index is 0.0259. The SMILES string of the molecule is CCN(C(=O)CN(CCc1ccccc1F)C(C)=O)C1CCS(=O)(=O)C1. The number of sulfone groups is 1. The number of carbonyl (C=O) groups is 2. The van der Waals surface area contributed by atoms with Crippen LogP contribution in [0.4, 0.5) is 4.39 Å². The molecule has 2 amide bonds. The summed E-state index contributed by atoms with van der Waals surface area (Å²) >= 11 is 0. The summed E-state index contributed by atoms with van der Waals surface area (Å²) in [6.45, 7) is 3.64. The van der Waals surface area contributed by atoms with Crippen molar-refractivity contribution < 1.29 is 22.4 Å². The largest absolute Gasteiger partial charge is 0.337 e. The van der Waals surface area contributed by atoms with E-state index in [-0.39, 0.29) is 48.3 Å². The third-order valence-electron chi connectivity index (χ3n) is 4.69. The molecule has 8 heteroatoms. The van der Waals surface area contributed by atoms with Gasteiger partial charge in [0.05, 0.1) is 18.1 Å². The van der Waals surface area contributed by atoms with E-state index in [4.69, 9.17) is 0 Å². The quantitative estimate of drug-likeness (QED) is 0.709. The Morgan fingerprint density at radius 2 is 1.96 bits per heavy atom. The topological polar surface area (TPSA) is 74.8 Å². The molecule has 1 aliphatic heterocycles. The van der Waals surface area contributed by atoms with Gasteiger partial charge in [0.1, 0.15) is 5.82 Å². The van der Waals surface area contributed by atoms with Crippen LogP contribution in [0, 0.1) is 5.82 Å². The number of amides is 2. The number of nitrogens with zero attached hydrogens (tertiary/aromatic N) is 2. The van der Waals surface area contributed by atoms with Gasteiger partial charge in [-0.25, -0.2) is 12.8 Å². The zero-order chi connectivity index (χ0) is 19.3. The van der Waals surface area contributed by atoms with Gasteiger partial charge in [-0.3, -0.25) is 9.59 Å². The molecule has 0 aliphatic carbocycles. The van der Waals surface area contributed by atoms with E-state index in [0.29, 0.717) is 24.9 Å². The molecule has 0 saturated carbocycles. The van der Waals surface area contributed by atoms with E-state index in [9.17, 15) is 22.4 Å². The van der Waals surface area contributed by atoms with Crippen molar-refractivity contribution in [2.24, 2.45) is 0 Å². The molecule has 144 valence electrons. The summed E-state index contributed by atoms with van der Waals surface area (Å²) in [6, 6.07) is 5.99. The van der Waals surface area contributed by atoms with E-state index in [1.54, 1.807) is 25.1 Å². The van der Waals surface area contributed by atoms with Crippen LogP contribution < -0.4 is 0 Å². The molecule has 1 aromatic carbocycles. The lowest BCUT2D eigenvalue weighted by Gasteiger charge is -2.30. The average molecular weight is 384 g/mol. The predicted octanol–water partition coefficient (Wildman–Crippen LogP) is 1.25. The third kappa shape index (κ3) is 5.27. The molecule has 0 N–H and O–H groups in total. The van der Waals surface area contributed by atoms with Crippen molar-refractivity contribution in [3.8, 4) is 0 Å². The second-order valence-electron chi connectivity index (χ2n) is 6.52. The van der Waals surface area contributed by atoms with Crippen LogP contribution >= 0.6 is 0 Å². The second-order valence-corrected chi connectivity index (χ2v) is 8.75. The van der Waals surface area contributed by atoms with Crippen LogP contribution in [0.15, 0.2) is 24.3 Å². The first-order valence-corrected chi connectivity index (χ1v) is 10.5. The van der Waals surface area contributed by atoms with Gasteiger partial charge in [0.15, 0.2) is 9.84 Å². The maximum atomic E-state index is 13.7. The van der Waals surface area contributed by atoms with E-state index in [0.717, 1.165) is 0 Å². The minimum Gasteiger partial charge on any atom is -0.337 e. The number of carbonyl (C=O) groups excluding carboxylic acids is 2. The van der Waals surface area contributed by atoms with Gasteiger partial charge >= 0.3 is 0 Å². The number of benzene rings is 1. The monoisotopic (exact) mass is 384 g/mol. The molecule has 0 bridgehead atoms. The van der Waals surface area contributed by atoms with Crippen molar-refractivity contribution >= 4 is 21.7 Å². The summed E-state index contributed by atoms with van der Waals surface area (Å²) < 4.78 is 37.1. The molecule has 26 heavy (non-hydrogen) atoms. The van der Waals surface area contributed by atoms with E-state index in [2.05, 4.69) is 0 Å². The average Bonchev–Trinajstić information content (AvgIpc) is 2.93. The molecule has 1 aliphatic rings. The number of likely N-dealkylation sites (N-methyl/N-ethyl adjacent to an activating group) is 1. The van der Waals surface area contributed by atoms with E-state index in [1.165, 1.54) is 22.8 Å². The lowest BCUT2D eigenvalue weighted by Crippen LogP contribution is -2.47. The number of rotatable bonds is 7. The fourth-order valence-electron chi connectivity index (χ4n) is 3.22. The van der Waals surface area contributed by atoms with Crippen LogP contribution in [0.1, 0.15) is 25.8 Å². The molecule has 0 radical (unpaired) electrons. The highest BCUT2D eigenvalue weighted by Crippen LogP contribution is 2.18. The molecular formula is C18H25FN2O4S. The first-order chi connectivity index (χ1) is 12.2. The standard InChI is InChI=1S/C18H25FN2O4S/c1-3-21(16-9-11-26(24,25)13-16)18(23)12-20(14(2)22)10-8-15-6-4-5-7-17(15)19/h4-7,16H,3,8-13H2,1-2H3. The van der Waals surface area contributed by atoms with Crippen LogP contribution in [0.2, 0.25) is 0 Å². The lowest BCUT2D eigenvalue weighted by molar-refractivity contribution is -0.140. The van der Waals surface area contributed by atoms with Crippen LogP contribution in [0.3, 0.4) is 0 Å². The van der Waals surface area contributed by atoms with Crippen molar-refractivity contribution in [3.63, 3.8) is 0 Å². The minimum atomic E-state index is -3.10. The fourth-order valence-corrected chi connectivity index (χ4v) is 4.95. The molecule has 1 unspecified atom stereocenters. The second kappa shape index (κ2) is 8.62. The summed E-state index contributed by atoms with van der Waals surface area (Å²) in [5.41, 5.74) is 0.487. The summed E-state index contributed by atoms with van der Waals surface area (Å²) in [6.07, 6.45) is 0.737. The number of halogens is 1. The van der Waals surface area contributed by atoms with Crippen LogP contribution in [0.5, 0.6) is 0 Å². The molecule has 1 atom stereocenters. The Hall–Kier alpha value is -1.96. The molecule has 1 saturated heterocycles. The molecule has 1 aromatic rings. The molecule has 2 rings (SSSR count). The third-order valence-corrected chi connectivity index (χ3v) is 6.44. The molecular weight excluding hydrogens is 359 g/mol. The van der Waals surface area contributed by atoms with Gasteiger partial charge in [-0.05, 0) is 31.4 Å². The van der Waals surface area contributed by atoms with Gasteiger partial charge in [0.2, 0.25) is 11.8 Å². The molecule has 1 fully saturated rings. The first-order valence-electron chi connectivity index (χ1n) is 8.72. The highest BCUT2D eigenvalue weighted by molar-refractivity contribution is 7.91. The molecule has 0 spiro atoms. The van der Waals surface area contributed by atoms with E-state index in [1.807, 2.05) is 0 Å². The molecule has 0 aromatic heterocycles. The summed E-state index contributed by atoms with van der Waals surface area (Å²) in [7, 11) is -3.10. The van der Waals surface area contributed by atoms with Crippen molar-refractivity contribution in [2.75, 3.05) is 31.1 Å². The van der Waals surface area contributed by atoms with Gasteiger partial charge in [0.25, 0.3) is 0 Å². The summed E-state index contributed by atoms with van der Waals surface area (Å²) in [4.78, 5) is 27.4. The molecule has 1 heterocycles. The van der Waals surface area contributed by atoms with E-state index >= 15 is 0 Å². The van der Waals surface area contributed by atoms with Crippen LogP contribution in [-0.2, 0) is 25.8 Å².